The minimum atomic E-state index is -1.47. The van der Waals surface area contributed by atoms with E-state index in [0.29, 0.717) is 11.3 Å². The Hall–Kier alpha value is -0.940. The van der Waals surface area contributed by atoms with Crippen molar-refractivity contribution < 1.29 is 9.00 Å². The zero-order valence-corrected chi connectivity index (χ0v) is 10.3. The molecule has 5 heteroatoms. The molecule has 16 heavy (non-hydrogen) atoms. The molecule has 1 aliphatic carbocycles. The highest BCUT2D eigenvalue weighted by atomic mass is 32.2. The zero-order chi connectivity index (χ0) is 12.0. The normalized spacial score (nSPS) is 18.8. The van der Waals surface area contributed by atoms with Gasteiger partial charge in [0.1, 0.15) is 0 Å². The van der Waals surface area contributed by atoms with Crippen molar-refractivity contribution in [2.24, 2.45) is 5.73 Å². The molecule has 0 aromatic heterocycles. The summed E-state index contributed by atoms with van der Waals surface area (Å²) in [4.78, 5) is 12.2. The van der Waals surface area contributed by atoms with Crippen molar-refractivity contribution in [3.63, 3.8) is 0 Å². The first-order valence-electron chi connectivity index (χ1n) is 5.49. The smallest absolute Gasteiger partial charge is 0.248 e. The molecule has 1 amide bonds. The van der Waals surface area contributed by atoms with Crippen molar-refractivity contribution in [3.05, 3.63) is 23.1 Å². The van der Waals surface area contributed by atoms with E-state index in [4.69, 9.17) is 5.73 Å². The number of allylic oxidation sites excluding steroid dienone is 3. The first-order chi connectivity index (χ1) is 7.65. The summed E-state index contributed by atoms with van der Waals surface area (Å²) in [6.07, 6.45) is 8.89. The van der Waals surface area contributed by atoms with Gasteiger partial charge in [-0.1, -0.05) is 25.5 Å². The fraction of sp³-hybridized carbons (Fsp3) is 0.545. The fourth-order valence-electron chi connectivity index (χ4n) is 1.39. The summed E-state index contributed by atoms with van der Waals surface area (Å²) in [6.45, 7) is 1.95. The second kappa shape index (κ2) is 6.60. The van der Waals surface area contributed by atoms with Crippen molar-refractivity contribution >= 4 is 16.9 Å². The van der Waals surface area contributed by atoms with Crippen LogP contribution < -0.4 is 10.5 Å². The predicted molar refractivity (Wildman–Crippen MR) is 65.6 cm³/mol. The molecule has 0 radical (unpaired) electrons. The molecule has 0 aromatic carbocycles. The van der Waals surface area contributed by atoms with Crippen LogP contribution in [0.1, 0.15) is 32.6 Å². The second-order valence-corrected chi connectivity index (χ2v) is 4.93. The molecule has 0 heterocycles. The number of amides is 1. The van der Waals surface area contributed by atoms with Crippen LogP contribution in [-0.4, -0.2) is 16.2 Å². The molecule has 0 saturated carbocycles. The van der Waals surface area contributed by atoms with Crippen LogP contribution in [-0.2, 0) is 15.8 Å². The Bertz CT molecular complexity index is 337. The molecule has 1 aliphatic rings. The molecule has 4 nitrogen and oxygen atoms in total. The summed E-state index contributed by atoms with van der Waals surface area (Å²) in [6, 6.07) is -0.567. The van der Waals surface area contributed by atoms with E-state index in [1.165, 1.54) is 0 Å². The molecule has 90 valence electrons. The van der Waals surface area contributed by atoms with Crippen LogP contribution >= 0.6 is 0 Å². The minimum absolute atomic E-state index is 0.347. The van der Waals surface area contributed by atoms with Crippen molar-refractivity contribution in [3.8, 4) is 0 Å². The summed E-state index contributed by atoms with van der Waals surface area (Å²) >= 11 is 0. The molecule has 0 spiro atoms. The summed E-state index contributed by atoms with van der Waals surface area (Å²) in [5.74, 6) is -0.347. The molecule has 1 rings (SSSR count). The number of carbonyl (C=O) groups is 1. The average molecular weight is 242 g/mol. The fourth-order valence-corrected chi connectivity index (χ4v) is 2.34. The Morgan fingerprint density at radius 3 is 2.94 bits per heavy atom. The Morgan fingerprint density at radius 2 is 2.38 bits per heavy atom. The van der Waals surface area contributed by atoms with E-state index in [9.17, 15) is 9.00 Å². The standard InChI is InChI=1S/C11H18N2O2S/c1-2-6-10(12)11(14)13-16(15)9-7-4-3-5-8-9/h4,7-8,10H,2-3,5-6,12H2,1H3,(H,13,14). The Kier molecular flexibility index (Phi) is 5.42. The first-order valence-corrected chi connectivity index (χ1v) is 6.64. The molecule has 3 N–H and O–H groups in total. The van der Waals surface area contributed by atoms with E-state index < -0.39 is 17.0 Å². The SMILES string of the molecule is CCCC(N)C(=O)NS(=O)C1=CCCC=C1. The van der Waals surface area contributed by atoms with Gasteiger partial charge in [-0.25, -0.2) is 4.21 Å². The maximum atomic E-state index is 11.7. The van der Waals surface area contributed by atoms with Gasteiger partial charge in [0.25, 0.3) is 0 Å². The summed E-state index contributed by atoms with van der Waals surface area (Å²) in [5.41, 5.74) is 5.62. The topological polar surface area (TPSA) is 72.2 Å². The first kappa shape index (κ1) is 13.1. The van der Waals surface area contributed by atoms with Crippen molar-refractivity contribution in [2.45, 2.75) is 38.6 Å². The van der Waals surface area contributed by atoms with Crippen LogP contribution in [0, 0.1) is 0 Å². The molecule has 0 bridgehead atoms. The van der Waals surface area contributed by atoms with Gasteiger partial charge in [0.05, 0.1) is 10.9 Å². The average Bonchev–Trinajstić information content (AvgIpc) is 2.30. The number of nitrogens with one attached hydrogen (secondary N) is 1. The maximum Gasteiger partial charge on any atom is 0.248 e. The number of hydrogen-bond acceptors (Lipinski definition) is 3. The highest BCUT2D eigenvalue weighted by molar-refractivity contribution is 7.87. The lowest BCUT2D eigenvalue weighted by Crippen LogP contribution is -2.41. The molecular weight excluding hydrogens is 224 g/mol. The van der Waals surface area contributed by atoms with E-state index in [1.54, 1.807) is 6.08 Å². The summed E-state index contributed by atoms with van der Waals surface area (Å²) in [5, 5.41) is 0. The molecule has 2 atom stereocenters. The monoisotopic (exact) mass is 242 g/mol. The molecule has 0 aromatic rings. The lowest BCUT2D eigenvalue weighted by molar-refractivity contribution is -0.120. The highest BCUT2D eigenvalue weighted by Gasteiger charge is 2.16. The van der Waals surface area contributed by atoms with Crippen LogP contribution in [0.15, 0.2) is 23.1 Å². The van der Waals surface area contributed by atoms with Gasteiger partial charge >= 0.3 is 0 Å². The van der Waals surface area contributed by atoms with E-state index in [2.05, 4.69) is 4.72 Å². The number of nitrogens with two attached hydrogens (primary N) is 1. The Balaban J connectivity index is 2.48. The second-order valence-electron chi connectivity index (χ2n) is 3.72. The van der Waals surface area contributed by atoms with E-state index >= 15 is 0 Å². The third kappa shape index (κ3) is 3.90. The van der Waals surface area contributed by atoms with Gasteiger partial charge in [0, 0.05) is 0 Å². The summed E-state index contributed by atoms with van der Waals surface area (Å²) in [7, 11) is -1.47. The van der Waals surface area contributed by atoms with Crippen LogP contribution in [0.4, 0.5) is 0 Å². The van der Waals surface area contributed by atoms with Crippen molar-refractivity contribution in [1.82, 2.24) is 4.72 Å². The third-order valence-corrected chi connectivity index (χ3v) is 3.42. The predicted octanol–water partition coefficient (Wildman–Crippen LogP) is 1.13. The van der Waals surface area contributed by atoms with Crippen LogP contribution in [0.3, 0.4) is 0 Å². The van der Waals surface area contributed by atoms with Crippen molar-refractivity contribution in [1.29, 1.82) is 0 Å². The minimum Gasteiger partial charge on any atom is -0.320 e. The van der Waals surface area contributed by atoms with Crippen LogP contribution in [0.5, 0.6) is 0 Å². The maximum absolute atomic E-state index is 11.7. The third-order valence-electron chi connectivity index (χ3n) is 2.30. The molecule has 0 saturated heterocycles. The highest BCUT2D eigenvalue weighted by Crippen LogP contribution is 2.11. The van der Waals surface area contributed by atoms with Gasteiger partial charge in [-0.05, 0) is 25.3 Å². The van der Waals surface area contributed by atoms with E-state index in [0.717, 1.165) is 19.3 Å². The number of hydrogen-bond donors (Lipinski definition) is 2. The van der Waals surface area contributed by atoms with Gasteiger partial charge in [0.15, 0.2) is 11.0 Å². The molecule has 2 unspecified atom stereocenters. The van der Waals surface area contributed by atoms with Gasteiger partial charge in [-0.2, -0.15) is 0 Å². The van der Waals surface area contributed by atoms with Crippen LogP contribution in [0.25, 0.3) is 0 Å². The Morgan fingerprint density at radius 1 is 1.62 bits per heavy atom. The van der Waals surface area contributed by atoms with Gasteiger partial charge < -0.3 is 5.73 Å². The molecule has 0 aliphatic heterocycles. The number of carbonyl (C=O) groups excluding carboxylic acids is 1. The largest absolute Gasteiger partial charge is 0.320 e. The van der Waals surface area contributed by atoms with Gasteiger partial charge in [-0.3, -0.25) is 9.52 Å². The van der Waals surface area contributed by atoms with Crippen molar-refractivity contribution in [2.75, 3.05) is 0 Å². The van der Waals surface area contributed by atoms with Gasteiger partial charge in [-0.15, -0.1) is 0 Å². The molecule has 0 fully saturated rings. The van der Waals surface area contributed by atoms with Gasteiger partial charge in [0.2, 0.25) is 5.91 Å². The lowest BCUT2D eigenvalue weighted by atomic mass is 10.2. The number of rotatable bonds is 5. The summed E-state index contributed by atoms with van der Waals surface area (Å²) < 4.78 is 14.1. The van der Waals surface area contributed by atoms with Crippen LogP contribution in [0.2, 0.25) is 0 Å². The van der Waals surface area contributed by atoms with E-state index in [-0.39, 0.29) is 5.91 Å². The van der Waals surface area contributed by atoms with E-state index in [1.807, 2.05) is 19.1 Å². The lowest BCUT2D eigenvalue weighted by Gasteiger charge is -2.12. The quantitative estimate of drug-likeness (QED) is 0.759. The zero-order valence-electron chi connectivity index (χ0n) is 9.44. The molecular formula is C11H18N2O2S. The Labute approximate surface area is 98.6 Å².